The molecule has 1 aliphatic carbocycles. The van der Waals surface area contributed by atoms with E-state index < -0.39 is 0 Å². The van der Waals surface area contributed by atoms with Gasteiger partial charge in [-0.2, -0.15) is 0 Å². The van der Waals surface area contributed by atoms with Crippen LogP contribution in [0.1, 0.15) is 47.0 Å². The normalized spacial score (nSPS) is 33.1. The van der Waals surface area contributed by atoms with E-state index in [-0.39, 0.29) is 12.1 Å². The van der Waals surface area contributed by atoms with Crippen molar-refractivity contribution in [1.82, 2.24) is 0 Å². The predicted molar refractivity (Wildman–Crippen MR) is 56.9 cm³/mol. The highest BCUT2D eigenvalue weighted by molar-refractivity contribution is 5.66. The van der Waals surface area contributed by atoms with Gasteiger partial charge in [0.15, 0.2) is 0 Å². The van der Waals surface area contributed by atoms with E-state index >= 15 is 0 Å². The number of esters is 1. The summed E-state index contributed by atoms with van der Waals surface area (Å²) in [5, 5.41) is 0. The molecule has 0 saturated heterocycles. The van der Waals surface area contributed by atoms with E-state index in [4.69, 9.17) is 4.74 Å². The van der Waals surface area contributed by atoms with Crippen molar-refractivity contribution in [2.45, 2.75) is 53.1 Å². The van der Waals surface area contributed by atoms with Crippen LogP contribution >= 0.6 is 0 Å². The van der Waals surface area contributed by atoms with Crippen LogP contribution in [0.15, 0.2) is 0 Å². The van der Waals surface area contributed by atoms with Crippen LogP contribution < -0.4 is 0 Å². The lowest BCUT2D eigenvalue weighted by Crippen LogP contribution is -2.33. The Morgan fingerprint density at radius 2 is 2.00 bits per heavy atom. The number of carbonyl (C=O) groups excluding carboxylic acids is 1. The van der Waals surface area contributed by atoms with Crippen LogP contribution in [0.3, 0.4) is 0 Å². The van der Waals surface area contributed by atoms with Gasteiger partial charge in [-0.3, -0.25) is 4.79 Å². The highest BCUT2D eigenvalue weighted by Crippen LogP contribution is 2.34. The largest absolute Gasteiger partial charge is 0.462 e. The van der Waals surface area contributed by atoms with Crippen molar-refractivity contribution in [3.8, 4) is 0 Å². The van der Waals surface area contributed by atoms with E-state index in [1.165, 1.54) is 19.8 Å². The SMILES string of the molecule is CC(=O)O[C@H]1C[C@@H](C(C)C)CC[C@H]1C. The Kier molecular flexibility index (Phi) is 3.97. The second kappa shape index (κ2) is 4.81. The summed E-state index contributed by atoms with van der Waals surface area (Å²) in [6.07, 6.45) is 3.70. The molecule has 0 aliphatic heterocycles. The molecule has 0 bridgehead atoms. The average molecular weight is 198 g/mol. The molecule has 0 aromatic heterocycles. The fraction of sp³-hybridized carbons (Fsp3) is 0.917. The molecule has 3 atom stereocenters. The third kappa shape index (κ3) is 3.00. The summed E-state index contributed by atoms with van der Waals surface area (Å²) in [6.45, 7) is 8.20. The zero-order chi connectivity index (χ0) is 10.7. The molecule has 0 heterocycles. The Hall–Kier alpha value is -0.530. The Morgan fingerprint density at radius 3 is 2.50 bits per heavy atom. The minimum atomic E-state index is -0.133. The van der Waals surface area contributed by atoms with E-state index in [0.717, 1.165) is 12.3 Å². The molecule has 0 amide bonds. The lowest BCUT2D eigenvalue weighted by Gasteiger charge is -2.35. The Balaban J connectivity index is 2.50. The smallest absolute Gasteiger partial charge is 0.302 e. The molecule has 2 nitrogen and oxygen atoms in total. The van der Waals surface area contributed by atoms with Crippen molar-refractivity contribution in [2.75, 3.05) is 0 Å². The van der Waals surface area contributed by atoms with Gasteiger partial charge in [-0.25, -0.2) is 0 Å². The molecule has 0 N–H and O–H groups in total. The topological polar surface area (TPSA) is 26.3 Å². The predicted octanol–water partition coefficient (Wildman–Crippen LogP) is 3.01. The summed E-state index contributed by atoms with van der Waals surface area (Å²) in [4.78, 5) is 10.9. The summed E-state index contributed by atoms with van der Waals surface area (Å²) >= 11 is 0. The standard InChI is InChI=1S/C12H22O2/c1-8(2)11-6-5-9(3)12(7-11)14-10(4)13/h8-9,11-12H,5-7H2,1-4H3/t9-,11+,12+/m1/s1. The zero-order valence-corrected chi connectivity index (χ0v) is 9.75. The molecule has 1 rings (SSSR count). The first-order chi connectivity index (χ1) is 6.50. The molecule has 1 fully saturated rings. The third-order valence-corrected chi connectivity index (χ3v) is 3.42. The van der Waals surface area contributed by atoms with Crippen molar-refractivity contribution in [3.05, 3.63) is 0 Å². The van der Waals surface area contributed by atoms with Gasteiger partial charge in [-0.1, -0.05) is 20.8 Å². The maximum atomic E-state index is 10.9. The summed E-state index contributed by atoms with van der Waals surface area (Å²) in [5.41, 5.74) is 0. The average Bonchev–Trinajstić information content (AvgIpc) is 2.07. The van der Waals surface area contributed by atoms with Gasteiger partial charge >= 0.3 is 5.97 Å². The molecule has 0 aromatic carbocycles. The van der Waals surface area contributed by atoms with Crippen LogP contribution in [0, 0.1) is 17.8 Å². The molecule has 0 radical (unpaired) electrons. The molecule has 1 saturated carbocycles. The summed E-state index contributed by atoms with van der Waals surface area (Å²) in [7, 11) is 0. The fourth-order valence-corrected chi connectivity index (χ4v) is 2.29. The Labute approximate surface area is 87.0 Å². The van der Waals surface area contributed by atoms with Gasteiger partial charge in [0.25, 0.3) is 0 Å². The molecule has 0 aromatic rings. The first-order valence-corrected chi connectivity index (χ1v) is 5.68. The minimum absolute atomic E-state index is 0.133. The molecule has 2 heteroatoms. The van der Waals surface area contributed by atoms with E-state index in [9.17, 15) is 4.79 Å². The highest BCUT2D eigenvalue weighted by Gasteiger charge is 2.30. The van der Waals surface area contributed by atoms with Crippen molar-refractivity contribution in [3.63, 3.8) is 0 Å². The molecular formula is C12H22O2. The second-order valence-corrected chi connectivity index (χ2v) is 4.94. The van der Waals surface area contributed by atoms with Gasteiger partial charge in [0, 0.05) is 6.92 Å². The molecular weight excluding hydrogens is 176 g/mol. The number of carbonyl (C=O) groups is 1. The lowest BCUT2D eigenvalue weighted by atomic mass is 9.76. The molecule has 0 unspecified atom stereocenters. The number of ether oxygens (including phenoxy) is 1. The maximum absolute atomic E-state index is 10.9. The monoisotopic (exact) mass is 198 g/mol. The minimum Gasteiger partial charge on any atom is -0.462 e. The van der Waals surface area contributed by atoms with Gasteiger partial charge in [0.05, 0.1) is 0 Å². The van der Waals surface area contributed by atoms with Crippen LogP contribution in [0.2, 0.25) is 0 Å². The summed E-state index contributed by atoms with van der Waals surface area (Å²) < 4.78 is 5.34. The van der Waals surface area contributed by atoms with Crippen molar-refractivity contribution >= 4 is 5.97 Å². The van der Waals surface area contributed by atoms with Gasteiger partial charge < -0.3 is 4.74 Å². The Morgan fingerprint density at radius 1 is 1.36 bits per heavy atom. The number of rotatable bonds is 2. The maximum Gasteiger partial charge on any atom is 0.302 e. The molecule has 14 heavy (non-hydrogen) atoms. The fourth-order valence-electron chi connectivity index (χ4n) is 2.29. The van der Waals surface area contributed by atoms with Crippen LogP contribution in [-0.4, -0.2) is 12.1 Å². The molecule has 1 aliphatic rings. The zero-order valence-electron chi connectivity index (χ0n) is 9.75. The number of hydrogen-bond acceptors (Lipinski definition) is 2. The van der Waals surface area contributed by atoms with Gasteiger partial charge in [0.2, 0.25) is 0 Å². The molecule has 82 valence electrons. The summed E-state index contributed by atoms with van der Waals surface area (Å²) in [5.74, 6) is 1.84. The quantitative estimate of drug-likeness (QED) is 0.637. The highest BCUT2D eigenvalue weighted by atomic mass is 16.5. The first-order valence-electron chi connectivity index (χ1n) is 5.68. The van der Waals surface area contributed by atoms with Crippen LogP contribution in [0.25, 0.3) is 0 Å². The van der Waals surface area contributed by atoms with E-state index in [1.54, 1.807) is 0 Å². The van der Waals surface area contributed by atoms with Gasteiger partial charge in [-0.05, 0) is 37.0 Å². The van der Waals surface area contributed by atoms with E-state index in [0.29, 0.717) is 11.8 Å². The van der Waals surface area contributed by atoms with Crippen molar-refractivity contribution in [1.29, 1.82) is 0 Å². The van der Waals surface area contributed by atoms with Crippen LogP contribution in [0.5, 0.6) is 0 Å². The number of hydrogen-bond donors (Lipinski definition) is 0. The van der Waals surface area contributed by atoms with Crippen molar-refractivity contribution < 1.29 is 9.53 Å². The molecule has 0 spiro atoms. The van der Waals surface area contributed by atoms with E-state index in [2.05, 4.69) is 20.8 Å². The lowest BCUT2D eigenvalue weighted by molar-refractivity contribution is -0.151. The van der Waals surface area contributed by atoms with E-state index in [1.807, 2.05) is 0 Å². The Bertz CT molecular complexity index is 198. The van der Waals surface area contributed by atoms with Gasteiger partial charge in [0.1, 0.15) is 6.10 Å². The van der Waals surface area contributed by atoms with Crippen molar-refractivity contribution in [2.24, 2.45) is 17.8 Å². The second-order valence-electron chi connectivity index (χ2n) is 4.94. The van der Waals surface area contributed by atoms with Gasteiger partial charge in [-0.15, -0.1) is 0 Å². The third-order valence-electron chi connectivity index (χ3n) is 3.42. The first kappa shape index (κ1) is 11.5. The summed E-state index contributed by atoms with van der Waals surface area (Å²) in [6, 6.07) is 0. The van der Waals surface area contributed by atoms with Crippen LogP contribution in [0.4, 0.5) is 0 Å². The van der Waals surface area contributed by atoms with Crippen LogP contribution in [-0.2, 0) is 9.53 Å².